The Hall–Kier alpha value is -6.88. The molecule has 0 amide bonds. The lowest BCUT2D eigenvalue weighted by Gasteiger charge is -2.28. The van der Waals surface area contributed by atoms with Crippen LogP contribution in [0.1, 0.15) is 67.0 Å². The Bertz CT molecular complexity index is 3310. The summed E-state index contributed by atoms with van der Waals surface area (Å²) in [6.07, 6.45) is 13.8. The summed E-state index contributed by atoms with van der Waals surface area (Å²) in [6, 6.07) is 59.0. The molecule has 3 heterocycles. The molecule has 0 fully saturated rings. The van der Waals surface area contributed by atoms with Gasteiger partial charge in [0, 0.05) is 65.9 Å². The van der Waals surface area contributed by atoms with Crippen molar-refractivity contribution in [2.75, 3.05) is 4.90 Å². The van der Waals surface area contributed by atoms with E-state index in [4.69, 9.17) is 4.74 Å². The number of fused-ring (bicyclic) bond motifs is 11. The lowest BCUT2D eigenvalue weighted by Crippen LogP contribution is -2.19. The zero-order valence-corrected chi connectivity index (χ0v) is 36.3. The molecule has 4 aliphatic rings. The van der Waals surface area contributed by atoms with E-state index in [9.17, 15) is 0 Å². The molecule has 0 saturated heterocycles. The number of allylic oxidation sites excluding steroid dienone is 2. The summed E-state index contributed by atoms with van der Waals surface area (Å²) in [6.45, 7) is 4.72. The Labute approximate surface area is 372 Å². The molecule has 1 aliphatic heterocycles. The van der Waals surface area contributed by atoms with E-state index in [0.29, 0.717) is 5.92 Å². The van der Waals surface area contributed by atoms with Crippen LogP contribution in [0.2, 0.25) is 0 Å². The minimum atomic E-state index is -0.0957. The van der Waals surface area contributed by atoms with Crippen LogP contribution in [0.5, 0.6) is 5.75 Å². The molecule has 0 N–H and O–H groups in total. The van der Waals surface area contributed by atoms with E-state index in [1.807, 2.05) is 11.3 Å². The van der Waals surface area contributed by atoms with Crippen molar-refractivity contribution < 1.29 is 4.74 Å². The highest BCUT2D eigenvalue weighted by atomic mass is 32.1. The van der Waals surface area contributed by atoms with Gasteiger partial charge in [-0.15, -0.1) is 11.3 Å². The van der Waals surface area contributed by atoms with Crippen LogP contribution in [0.4, 0.5) is 17.1 Å². The molecule has 7 aromatic carbocycles. The van der Waals surface area contributed by atoms with Crippen LogP contribution in [-0.4, -0.2) is 10.7 Å². The normalized spacial score (nSPS) is 17.6. The molecule has 0 radical (unpaired) electrons. The smallest absolute Gasteiger partial charge is 0.133 e. The number of thiophene rings is 1. The van der Waals surface area contributed by atoms with Gasteiger partial charge in [-0.05, 0) is 137 Å². The van der Waals surface area contributed by atoms with E-state index in [0.717, 1.165) is 48.5 Å². The van der Waals surface area contributed by atoms with Gasteiger partial charge in [0.15, 0.2) is 0 Å². The number of benzene rings is 7. The molecule has 13 rings (SSSR count). The van der Waals surface area contributed by atoms with E-state index in [-0.39, 0.29) is 11.5 Å². The first-order valence-electron chi connectivity index (χ1n) is 22.5. The van der Waals surface area contributed by atoms with Gasteiger partial charge < -0.3 is 14.2 Å². The van der Waals surface area contributed by atoms with Crippen LogP contribution in [0, 0.1) is 0 Å². The molecule has 2 aromatic heterocycles. The molecule has 0 bridgehead atoms. The van der Waals surface area contributed by atoms with E-state index in [2.05, 4.69) is 205 Å². The summed E-state index contributed by atoms with van der Waals surface area (Å²) in [4.78, 5) is 3.71. The van der Waals surface area contributed by atoms with Crippen molar-refractivity contribution >= 4 is 55.5 Å². The molecule has 4 heteroatoms. The topological polar surface area (TPSA) is 17.4 Å². The molecule has 0 saturated carbocycles. The van der Waals surface area contributed by atoms with Gasteiger partial charge >= 0.3 is 0 Å². The number of aromatic nitrogens is 1. The first-order valence-corrected chi connectivity index (χ1v) is 23.3. The van der Waals surface area contributed by atoms with Gasteiger partial charge in [0.1, 0.15) is 11.9 Å². The molecule has 9 aromatic rings. The Balaban J connectivity index is 0.858. The molecule has 63 heavy (non-hydrogen) atoms. The molecule has 2 unspecified atom stereocenters. The molecule has 304 valence electrons. The van der Waals surface area contributed by atoms with Gasteiger partial charge in [-0.3, -0.25) is 0 Å². The summed E-state index contributed by atoms with van der Waals surface area (Å²) in [5, 5.41) is 2.57. The minimum absolute atomic E-state index is 0.0957. The highest BCUT2D eigenvalue weighted by Crippen LogP contribution is 2.52. The third kappa shape index (κ3) is 5.70. The first-order chi connectivity index (χ1) is 31.0. The van der Waals surface area contributed by atoms with E-state index in [1.165, 1.54) is 87.3 Å². The van der Waals surface area contributed by atoms with Crippen LogP contribution in [-0.2, 0) is 11.8 Å². The Morgan fingerprint density at radius 2 is 1.37 bits per heavy atom. The van der Waals surface area contributed by atoms with Crippen LogP contribution in [0.15, 0.2) is 176 Å². The lowest BCUT2D eigenvalue weighted by molar-refractivity contribution is 0.206. The largest absolute Gasteiger partial charge is 0.488 e. The number of hydrogen-bond acceptors (Lipinski definition) is 3. The fourth-order valence-corrected chi connectivity index (χ4v) is 12.2. The highest BCUT2D eigenvalue weighted by molar-refractivity contribution is 7.22. The van der Waals surface area contributed by atoms with Crippen LogP contribution >= 0.6 is 11.3 Å². The second-order valence-corrected chi connectivity index (χ2v) is 19.3. The van der Waals surface area contributed by atoms with E-state index in [1.54, 1.807) is 0 Å². The van der Waals surface area contributed by atoms with Crippen molar-refractivity contribution in [1.82, 2.24) is 4.57 Å². The van der Waals surface area contributed by atoms with Crippen LogP contribution in [0.3, 0.4) is 0 Å². The fraction of sp³-hybridized carbons (Fsp3) is 0.153. The summed E-state index contributed by atoms with van der Waals surface area (Å²) < 4.78 is 10.6. The number of nitrogens with zero attached hydrogens (tertiary/aromatic N) is 2. The summed E-state index contributed by atoms with van der Waals surface area (Å²) >= 11 is 1.85. The summed E-state index contributed by atoms with van der Waals surface area (Å²) in [5.74, 6) is 1.46. The molecule has 0 spiro atoms. The number of hydrogen-bond donors (Lipinski definition) is 0. The van der Waals surface area contributed by atoms with Gasteiger partial charge in [0.2, 0.25) is 0 Å². The standard InChI is InChI=1S/C59H46N2OS/c1-59(2)50-15-7-4-12-45(50)46-32-31-44(36-51(46)59)60(42-29-23-39(24-30-42)56-35-40-11-3-10-18-55(40)63-56)41-25-19-37(20-26-41)38-21-27-43(28-22-38)61-52-16-8-5-14-49(52)57-53(61)34-33-48-47-13-6-9-17-54(47)62-58(48)57/h3-7,10-15,18-36,47,54H,8-9,16-17H2,1-2H3. The molecular weight excluding hydrogens is 785 g/mol. The van der Waals surface area contributed by atoms with Crippen LogP contribution < -0.4 is 9.64 Å². The summed E-state index contributed by atoms with van der Waals surface area (Å²) in [5.41, 5.74) is 18.9. The SMILES string of the molecule is CC1(C)c2ccccc2-c2ccc(N(c3ccc(-c4ccc(-n5c6c(c7c8c(ccc75)C5C=CCCC5O8)C=CCC6)cc4)cc3)c3ccc(-c4cc5ccccc5s4)cc3)cc21. The van der Waals surface area contributed by atoms with Crippen molar-refractivity contribution in [2.45, 2.75) is 57.0 Å². The van der Waals surface area contributed by atoms with Gasteiger partial charge in [-0.1, -0.05) is 129 Å². The van der Waals surface area contributed by atoms with Crippen molar-refractivity contribution in [3.63, 3.8) is 0 Å². The van der Waals surface area contributed by atoms with Gasteiger partial charge in [0.25, 0.3) is 0 Å². The van der Waals surface area contributed by atoms with Gasteiger partial charge in [-0.25, -0.2) is 0 Å². The average Bonchev–Trinajstić information content (AvgIpc) is 4.08. The number of ether oxygens (including phenoxy) is 1. The quantitative estimate of drug-likeness (QED) is 0.155. The van der Waals surface area contributed by atoms with Crippen molar-refractivity contribution in [3.05, 3.63) is 204 Å². The second-order valence-electron chi connectivity index (χ2n) is 18.2. The van der Waals surface area contributed by atoms with E-state index >= 15 is 0 Å². The van der Waals surface area contributed by atoms with Crippen molar-refractivity contribution in [3.8, 4) is 44.1 Å². The molecule has 3 nitrogen and oxygen atoms in total. The maximum Gasteiger partial charge on any atom is 0.133 e. The first kappa shape index (κ1) is 36.7. The molecule has 3 aliphatic carbocycles. The number of rotatable bonds is 6. The second kappa shape index (κ2) is 14.1. The maximum absolute atomic E-state index is 6.77. The third-order valence-electron chi connectivity index (χ3n) is 14.3. The fourth-order valence-electron chi connectivity index (χ4n) is 11.2. The van der Waals surface area contributed by atoms with E-state index < -0.39 is 0 Å². The third-order valence-corrected chi connectivity index (χ3v) is 15.5. The molecule has 2 atom stereocenters. The Morgan fingerprint density at radius 1 is 0.651 bits per heavy atom. The predicted molar refractivity (Wildman–Crippen MR) is 265 cm³/mol. The van der Waals surface area contributed by atoms with Crippen molar-refractivity contribution in [1.29, 1.82) is 0 Å². The Kier molecular flexibility index (Phi) is 8.21. The highest BCUT2D eigenvalue weighted by Gasteiger charge is 2.38. The predicted octanol–water partition coefficient (Wildman–Crippen LogP) is 16.1. The monoisotopic (exact) mass is 830 g/mol. The minimum Gasteiger partial charge on any atom is -0.488 e. The van der Waals surface area contributed by atoms with Crippen LogP contribution in [0.25, 0.3) is 65.4 Å². The average molecular weight is 831 g/mol. The summed E-state index contributed by atoms with van der Waals surface area (Å²) in [7, 11) is 0. The lowest BCUT2D eigenvalue weighted by atomic mass is 9.82. The zero-order chi connectivity index (χ0) is 41.8. The Morgan fingerprint density at radius 3 is 2.17 bits per heavy atom. The van der Waals surface area contributed by atoms with Gasteiger partial charge in [0.05, 0.1) is 5.52 Å². The molecular formula is C59H46N2OS. The van der Waals surface area contributed by atoms with Gasteiger partial charge in [-0.2, -0.15) is 0 Å². The van der Waals surface area contributed by atoms with Crippen molar-refractivity contribution in [2.24, 2.45) is 0 Å². The zero-order valence-electron chi connectivity index (χ0n) is 35.5. The maximum atomic E-state index is 6.77. The number of anilines is 3.